The number of anilines is 2. The maximum atomic E-state index is 12.1. The van der Waals surface area contributed by atoms with E-state index in [2.05, 4.69) is 20.4 Å². The van der Waals surface area contributed by atoms with Gasteiger partial charge in [-0.25, -0.2) is 9.97 Å². The Hall–Kier alpha value is -2.93. The molecule has 3 N–H and O–H groups in total. The Morgan fingerprint density at radius 1 is 1.30 bits per heavy atom. The van der Waals surface area contributed by atoms with Gasteiger partial charge in [-0.05, 0) is 17.7 Å². The first kappa shape index (κ1) is 15.0. The van der Waals surface area contributed by atoms with Crippen molar-refractivity contribution in [2.45, 2.75) is 6.54 Å². The number of rotatable bonds is 4. The number of aromatic nitrogens is 4. The molecule has 1 aromatic carbocycles. The Labute approximate surface area is 137 Å². The monoisotopic (exact) mass is 328 g/mol. The predicted octanol–water partition coefficient (Wildman–Crippen LogP) is 2.21. The van der Waals surface area contributed by atoms with Crippen LogP contribution in [0.15, 0.2) is 49.1 Å². The van der Waals surface area contributed by atoms with Crippen LogP contribution in [0, 0.1) is 0 Å². The van der Waals surface area contributed by atoms with Gasteiger partial charge in [-0.2, -0.15) is 5.10 Å². The lowest BCUT2D eigenvalue weighted by Gasteiger charge is -2.04. The van der Waals surface area contributed by atoms with Gasteiger partial charge < -0.3 is 11.1 Å². The van der Waals surface area contributed by atoms with Crippen molar-refractivity contribution in [3.63, 3.8) is 0 Å². The van der Waals surface area contributed by atoms with E-state index in [1.54, 1.807) is 17.1 Å². The van der Waals surface area contributed by atoms with Gasteiger partial charge in [0.15, 0.2) is 11.5 Å². The molecule has 0 unspecified atom stereocenters. The molecule has 3 rings (SSSR count). The fourth-order valence-electron chi connectivity index (χ4n) is 2.05. The average Bonchev–Trinajstić information content (AvgIpc) is 2.94. The molecule has 0 aliphatic rings. The zero-order valence-corrected chi connectivity index (χ0v) is 12.7. The predicted molar refractivity (Wildman–Crippen MR) is 87.2 cm³/mol. The number of benzene rings is 1. The molecule has 116 valence electrons. The summed E-state index contributed by atoms with van der Waals surface area (Å²) in [5.41, 5.74) is 7.26. The van der Waals surface area contributed by atoms with Gasteiger partial charge in [-0.15, -0.1) is 0 Å². The zero-order valence-electron chi connectivity index (χ0n) is 12.0. The maximum absolute atomic E-state index is 12.1. The second-order valence-electron chi connectivity index (χ2n) is 4.80. The number of hydrogen-bond acceptors (Lipinski definition) is 5. The smallest absolute Gasteiger partial charge is 0.278 e. The standard InChI is InChI=1S/C15H13ClN6O/c16-11-3-1-2-10(6-11)8-22-9-12(7-20-22)21-15(23)13-14(17)19-5-4-18-13/h1-7,9H,8H2,(H2,17,19)(H,21,23). The van der Waals surface area contributed by atoms with E-state index in [0.29, 0.717) is 17.3 Å². The van der Waals surface area contributed by atoms with Crippen LogP contribution in [0.1, 0.15) is 16.1 Å². The summed E-state index contributed by atoms with van der Waals surface area (Å²) in [5.74, 6) is -0.353. The Morgan fingerprint density at radius 3 is 2.91 bits per heavy atom. The second kappa shape index (κ2) is 6.45. The molecule has 1 amide bonds. The molecule has 0 fully saturated rings. The summed E-state index contributed by atoms with van der Waals surface area (Å²) in [5, 5.41) is 7.56. The maximum Gasteiger partial charge on any atom is 0.278 e. The van der Waals surface area contributed by atoms with Crippen molar-refractivity contribution in [3.8, 4) is 0 Å². The van der Waals surface area contributed by atoms with Crippen molar-refractivity contribution < 1.29 is 4.79 Å². The highest BCUT2D eigenvalue weighted by Crippen LogP contribution is 2.14. The average molecular weight is 329 g/mol. The summed E-state index contributed by atoms with van der Waals surface area (Å²) < 4.78 is 1.70. The van der Waals surface area contributed by atoms with E-state index in [1.165, 1.54) is 12.4 Å². The van der Waals surface area contributed by atoms with Crippen LogP contribution in [0.2, 0.25) is 5.02 Å². The van der Waals surface area contributed by atoms with E-state index >= 15 is 0 Å². The lowest BCUT2D eigenvalue weighted by atomic mass is 10.2. The number of nitrogens with two attached hydrogens (primary N) is 1. The number of carbonyl (C=O) groups excluding carboxylic acids is 1. The normalized spacial score (nSPS) is 10.5. The van der Waals surface area contributed by atoms with Crippen LogP contribution < -0.4 is 11.1 Å². The Kier molecular flexibility index (Phi) is 4.20. The molecule has 0 saturated heterocycles. The first-order valence-electron chi connectivity index (χ1n) is 6.76. The highest BCUT2D eigenvalue weighted by atomic mass is 35.5. The molecule has 0 aliphatic carbocycles. The van der Waals surface area contributed by atoms with E-state index in [0.717, 1.165) is 5.56 Å². The highest BCUT2D eigenvalue weighted by Gasteiger charge is 2.13. The first-order chi connectivity index (χ1) is 11.1. The lowest BCUT2D eigenvalue weighted by Crippen LogP contribution is -2.16. The molecule has 0 spiro atoms. The van der Waals surface area contributed by atoms with Gasteiger partial charge in [-0.1, -0.05) is 23.7 Å². The van der Waals surface area contributed by atoms with Crippen LogP contribution in [0.3, 0.4) is 0 Å². The minimum atomic E-state index is -0.432. The van der Waals surface area contributed by atoms with Gasteiger partial charge in [0.25, 0.3) is 5.91 Å². The topological polar surface area (TPSA) is 98.7 Å². The molecule has 0 bridgehead atoms. The third-order valence-corrected chi connectivity index (χ3v) is 3.30. The minimum Gasteiger partial charge on any atom is -0.382 e. The number of carbonyl (C=O) groups is 1. The number of nitrogen functional groups attached to an aromatic ring is 1. The van der Waals surface area contributed by atoms with Crippen molar-refractivity contribution >= 4 is 29.0 Å². The molecule has 0 saturated carbocycles. The van der Waals surface area contributed by atoms with Crippen molar-refractivity contribution in [1.29, 1.82) is 0 Å². The van der Waals surface area contributed by atoms with Crippen LogP contribution in [0.25, 0.3) is 0 Å². The summed E-state index contributed by atoms with van der Waals surface area (Å²) in [6.45, 7) is 0.545. The fraction of sp³-hybridized carbons (Fsp3) is 0.0667. The Balaban J connectivity index is 1.70. The summed E-state index contributed by atoms with van der Waals surface area (Å²) >= 11 is 5.96. The van der Waals surface area contributed by atoms with Gasteiger partial charge in [0.2, 0.25) is 0 Å². The summed E-state index contributed by atoms with van der Waals surface area (Å²) in [6, 6.07) is 7.50. The first-order valence-corrected chi connectivity index (χ1v) is 7.14. The van der Waals surface area contributed by atoms with E-state index in [1.807, 2.05) is 24.3 Å². The molecule has 0 aliphatic heterocycles. The van der Waals surface area contributed by atoms with Crippen LogP contribution in [-0.4, -0.2) is 25.7 Å². The largest absolute Gasteiger partial charge is 0.382 e. The molecule has 7 nitrogen and oxygen atoms in total. The summed E-state index contributed by atoms with van der Waals surface area (Å²) in [7, 11) is 0. The van der Waals surface area contributed by atoms with Crippen molar-refractivity contribution in [2.75, 3.05) is 11.1 Å². The second-order valence-corrected chi connectivity index (χ2v) is 5.24. The highest BCUT2D eigenvalue weighted by molar-refractivity contribution is 6.30. The third-order valence-electron chi connectivity index (χ3n) is 3.07. The van der Waals surface area contributed by atoms with E-state index in [9.17, 15) is 4.79 Å². The molecular weight excluding hydrogens is 316 g/mol. The molecular formula is C15H13ClN6O. The SMILES string of the molecule is Nc1nccnc1C(=O)Nc1cnn(Cc2cccc(Cl)c2)c1. The lowest BCUT2D eigenvalue weighted by molar-refractivity contribution is 0.102. The van der Waals surface area contributed by atoms with Gasteiger partial charge in [0.05, 0.1) is 18.4 Å². The van der Waals surface area contributed by atoms with Gasteiger partial charge >= 0.3 is 0 Å². The Morgan fingerprint density at radius 2 is 2.13 bits per heavy atom. The van der Waals surface area contributed by atoms with Gasteiger partial charge in [0, 0.05) is 23.6 Å². The number of nitrogens with one attached hydrogen (secondary N) is 1. The number of amides is 1. The molecule has 23 heavy (non-hydrogen) atoms. The third kappa shape index (κ3) is 3.64. The van der Waals surface area contributed by atoms with Gasteiger partial charge in [0.1, 0.15) is 0 Å². The van der Waals surface area contributed by atoms with E-state index in [4.69, 9.17) is 17.3 Å². The fourth-order valence-corrected chi connectivity index (χ4v) is 2.26. The van der Waals surface area contributed by atoms with E-state index in [-0.39, 0.29) is 11.5 Å². The minimum absolute atomic E-state index is 0.0788. The van der Waals surface area contributed by atoms with Crippen molar-refractivity contribution in [2.24, 2.45) is 0 Å². The van der Waals surface area contributed by atoms with Crippen LogP contribution in [0.5, 0.6) is 0 Å². The number of halogens is 1. The molecule has 0 atom stereocenters. The van der Waals surface area contributed by atoms with Crippen molar-refractivity contribution in [3.05, 3.63) is 65.3 Å². The molecule has 2 aromatic heterocycles. The zero-order chi connectivity index (χ0) is 16.2. The summed E-state index contributed by atoms with van der Waals surface area (Å²) in [4.78, 5) is 19.8. The summed E-state index contributed by atoms with van der Waals surface area (Å²) in [6.07, 6.45) is 6.10. The van der Waals surface area contributed by atoms with Crippen LogP contribution >= 0.6 is 11.6 Å². The Bertz CT molecular complexity index is 847. The number of nitrogens with zero attached hydrogens (tertiary/aromatic N) is 4. The number of hydrogen-bond donors (Lipinski definition) is 2. The van der Waals surface area contributed by atoms with E-state index < -0.39 is 5.91 Å². The molecule has 8 heteroatoms. The molecule has 0 radical (unpaired) electrons. The van der Waals surface area contributed by atoms with Gasteiger partial charge in [-0.3, -0.25) is 9.48 Å². The quantitative estimate of drug-likeness (QED) is 0.765. The van der Waals surface area contributed by atoms with Crippen LogP contribution in [0.4, 0.5) is 11.5 Å². The van der Waals surface area contributed by atoms with Crippen molar-refractivity contribution in [1.82, 2.24) is 19.7 Å². The molecule has 2 heterocycles. The molecule has 3 aromatic rings. The van der Waals surface area contributed by atoms with Crippen LogP contribution in [-0.2, 0) is 6.54 Å².